The van der Waals surface area contributed by atoms with Crippen LogP contribution in [0.1, 0.15) is 25.7 Å². The van der Waals surface area contributed by atoms with E-state index in [1.807, 2.05) is 7.05 Å². The van der Waals surface area contributed by atoms with Gasteiger partial charge in [0.1, 0.15) is 6.17 Å². The monoisotopic (exact) mass is 145 g/mol. The van der Waals surface area contributed by atoms with Gasteiger partial charge >= 0.3 is 0 Å². The highest BCUT2D eigenvalue weighted by atomic mass is 19.1. The number of hydrogen-bond acceptors (Lipinski definition) is 1. The van der Waals surface area contributed by atoms with Gasteiger partial charge in [0.25, 0.3) is 0 Å². The Morgan fingerprint density at radius 1 is 1.50 bits per heavy atom. The van der Waals surface area contributed by atoms with Crippen molar-refractivity contribution in [1.82, 2.24) is 5.32 Å². The molecule has 2 unspecified atom stereocenters. The van der Waals surface area contributed by atoms with E-state index in [2.05, 4.69) is 5.32 Å². The second kappa shape index (κ2) is 3.91. The Labute approximate surface area is 62.0 Å². The molecule has 0 saturated heterocycles. The van der Waals surface area contributed by atoms with Gasteiger partial charge in [-0.05, 0) is 38.8 Å². The normalized spacial score (nSPS) is 34.2. The van der Waals surface area contributed by atoms with Crippen molar-refractivity contribution in [2.45, 2.75) is 31.9 Å². The largest absolute Gasteiger partial charge is 0.319 e. The quantitative estimate of drug-likeness (QED) is 0.624. The van der Waals surface area contributed by atoms with Crippen LogP contribution in [0.4, 0.5) is 4.39 Å². The molecule has 0 aliphatic heterocycles. The van der Waals surface area contributed by atoms with Gasteiger partial charge in [0.15, 0.2) is 0 Å². The van der Waals surface area contributed by atoms with Gasteiger partial charge in [-0.25, -0.2) is 4.39 Å². The van der Waals surface area contributed by atoms with E-state index in [0.717, 1.165) is 25.8 Å². The Morgan fingerprint density at radius 3 is 2.90 bits per heavy atom. The van der Waals surface area contributed by atoms with E-state index < -0.39 is 6.17 Å². The molecule has 2 atom stereocenters. The van der Waals surface area contributed by atoms with Crippen molar-refractivity contribution in [2.75, 3.05) is 13.6 Å². The lowest BCUT2D eigenvalue weighted by Gasteiger charge is -2.23. The van der Waals surface area contributed by atoms with Crippen LogP contribution in [0.3, 0.4) is 0 Å². The second-order valence-corrected chi connectivity index (χ2v) is 3.19. The van der Waals surface area contributed by atoms with Crippen molar-refractivity contribution in [2.24, 2.45) is 5.92 Å². The Kier molecular flexibility index (Phi) is 3.13. The minimum Gasteiger partial charge on any atom is -0.319 e. The molecular weight excluding hydrogens is 129 g/mol. The third-order valence-corrected chi connectivity index (χ3v) is 2.21. The van der Waals surface area contributed by atoms with Crippen LogP contribution in [0.25, 0.3) is 0 Å². The number of rotatable bonds is 2. The van der Waals surface area contributed by atoms with Crippen LogP contribution in [0.2, 0.25) is 0 Å². The summed E-state index contributed by atoms with van der Waals surface area (Å²) in [6.45, 7) is 0.987. The molecule has 1 fully saturated rings. The van der Waals surface area contributed by atoms with Crippen molar-refractivity contribution >= 4 is 0 Å². The van der Waals surface area contributed by atoms with Gasteiger partial charge in [0, 0.05) is 0 Å². The van der Waals surface area contributed by atoms with E-state index >= 15 is 0 Å². The summed E-state index contributed by atoms with van der Waals surface area (Å²) in [6.07, 6.45) is 3.34. The maximum absolute atomic E-state index is 12.7. The highest BCUT2D eigenvalue weighted by Crippen LogP contribution is 2.25. The first kappa shape index (κ1) is 7.99. The molecule has 1 saturated carbocycles. The lowest BCUT2D eigenvalue weighted by atomic mass is 9.88. The minimum absolute atomic E-state index is 0.521. The van der Waals surface area contributed by atoms with Gasteiger partial charge in [-0.1, -0.05) is 6.42 Å². The molecule has 0 bridgehead atoms. The molecule has 10 heavy (non-hydrogen) atoms. The van der Waals surface area contributed by atoms with Gasteiger partial charge in [0.05, 0.1) is 0 Å². The van der Waals surface area contributed by atoms with E-state index in [1.54, 1.807) is 0 Å². The molecule has 1 rings (SSSR count). The summed E-state index contributed by atoms with van der Waals surface area (Å²) < 4.78 is 12.7. The molecule has 2 heteroatoms. The molecule has 0 heterocycles. The van der Waals surface area contributed by atoms with E-state index in [1.165, 1.54) is 6.42 Å². The Hall–Kier alpha value is -0.110. The molecule has 0 aromatic carbocycles. The van der Waals surface area contributed by atoms with Gasteiger partial charge in [-0.15, -0.1) is 0 Å². The summed E-state index contributed by atoms with van der Waals surface area (Å²) >= 11 is 0. The minimum atomic E-state index is -0.521. The van der Waals surface area contributed by atoms with Crippen LogP contribution >= 0.6 is 0 Å². The van der Waals surface area contributed by atoms with Crippen molar-refractivity contribution < 1.29 is 4.39 Å². The fraction of sp³-hybridized carbons (Fsp3) is 1.00. The number of halogens is 1. The molecule has 0 aromatic heterocycles. The molecule has 1 aliphatic carbocycles. The zero-order valence-corrected chi connectivity index (χ0v) is 6.57. The number of alkyl halides is 1. The summed E-state index contributed by atoms with van der Waals surface area (Å²) in [5.41, 5.74) is 0. The van der Waals surface area contributed by atoms with Crippen LogP contribution in [-0.4, -0.2) is 19.8 Å². The van der Waals surface area contributed by atoms with Crippen LogP contribution in [0.5, 0.6) is 0 Å². The van der Waals surface area contributed by atoms with Crippen LogP contribution in [0.15, 0.2) is 0 Å². The predicted molar refractivity (Wildman–Crippen MR) is 40.8 cm³/mol. The zero-order valence-electron chi connectivity index (χ0n) is 6.57. The van der Waals surface area contributed by atoms with Crippen LogP contribution < -0.4 is 5.32 Å². The van der Waals surface area contributed by atoms with Crippen molar-refractivity contribution in [3.63, 3.8) is 0 Å². The van der Waals surface area contributed by atoms with Gasteiger partial charge in [0.2, 0.25) is 0 Å². The lowest BCUT2D eigenvalue weighted by Crippen LogP contribution is -2.25. The van der Waals surface area contributed by atoms with Crippen LogP contribution in [0, 0.1) is 5.92 Å². The Bertz CT molecular complexity index is 93.3. The summed E-state index contributed by atoms with van der Waals surface area (Å²) in [5.74, 6) is 0.591. The molecule has 60 valence electrons. The molecule has 1 N–H and O–H groups in total. The Morgan fingerprint density at radius 2 is 2.30 bits per heavy atom. The predicted octanol–water partition coefficient (Wildman–Crippen LogP) is 1.73. The fourth-order valence-electron chi connectivity index (χ4n) is 1.70. The average Bonchev–Trinajstić information content (AvgIpc) is 1.88. The third-order valence-electron chi connectivity index (χ3n) is 2.21. The molecule has 0 aromatic rings. The molecule has 0 spiro atoms. The topological polar surface area (TPSA) is 12.0 Å². The van der Waals surface area contributed by atoms with Gasteiger partial charge < -0.3 is 5.32 Å². The summed E-state index contributed by atoms with van der Waals surface area (Å²) in [4.78, 5) is 0. The molecular formula is C8H16FN. The molecule has 0 amide bonds. The van der Waals surface area contributed by atoms with Crippen molar-refractivity contribution in [3.8, 4) is 0 Å². The smallest absolute Gasteiger partial charge is 0.100 e. The molecule has 1 aliphatic rings. The SMILES string of the molecule is CNCC1CCCC(F)C1. The van der Waals surface area contributed by atoms with E-state index in [9.17, 15) is 4.39 Å². The molecule has 0 radical (unpaired) electrons. The zero-order chi connectivity index (χ0) is 7.40. The highest BCUT2D eigenvalue weighted by molar-refractivity contribution is 4.73. The third kappa shape index (κ3) is 2.25. The highest BCUT2D eigenvalue weighted by Gasteiger charge is 2.20. The van der Waals surface area contributed by atoms with Crippen molar-refractivity contribution in [1.29, 1.82) is 0 Å². The fourth-order valence-corrected chi connectivity index (χ4v) is 1.70. The van der Waals surface area contributed by atoms with E-state index in [4.69, 9.17) is 0 Å². The van der Waals surface area contributed by atoms with Gasteiger partial charge in [-0.3, -0.25) is 0 Å². The number of nitrogens with one attached hydrogen (secondary N) is 1. The average molecular weight is 145 g/mol. The van der Waals surface area contributed by atoms with Crippen LogP contribution in [-0.2, 0) is 0 Å². The standard InChI is InChI=1S/C8H16FN/c1-10-6-7-3-2-4-8(9)5-7/h7-8,10H,2-6H2,1H3. The first-order valence-corrected chi connectivity index (χ1v) is 4.11. The van der Waals surface area contributed by atoms with E-state index in [-0.39, 0.29) is 0 Å². The van der Waals surface area contributed by atoms with E-state index in [0.29, 0.717) is 5.92 Å². The first-order chi connectivity index (χ1) is 4.83. The first-order valence-electron chi connectivity index (χ1n) is 4.11. The van der Waals surface area contributed by atoms with Gasteiger partial charge in [-0.2, -0.15) is 0 Å². The summed E-state index contributed by atoms with van der Waals surface area (Å²) in [5, 5.41) is 3.09. The van der Waals surface area contributed by atoms with Crippen molar-refractivity contribution in [3.05, 3.63) is 0 Å². The molecule has 1 nitrogen and oxygen atoms in total. The lowest BCUT2D eigenvalue weighted by molar-refractivity contribution is 0.197. The summed E-state index contributed by atoms with van der Waals surface area (Å²) in [7, 11) is 1.93. The maximum atomic E-state index is 12.7. The summed E-state index contributed by atoms with van der Waals surface area (Å²) in [6, 6.07) is 0. The Balaban J connectivity index is 2.18. The second-order valence-electron chi connectivity index (χ2n) is 3.19. The maximum Gasteiger partial charge on any atom is 0.100 e. The number of hydrogen-bond donors (Lipinski definition) is 1.